The van der Waals surface area contributed by atoms with E-state index in [9.17, 15) is 0 Å². The minimum atomic E-state index is 0.649. The van der Waals surface area contributed by atoms with Crippen LogP contribution in [0.1, 0.15) is 5.69 Å². The summed E-state index contributed by atoms with van der Waals surface area (Å²) in [6.07, 6.45) is 1.77. The highest BCUT2D eigenvalue weighted by Crippen LogP contribution is 2.06. The van der Waals surface area contributed by atoms with Crippen molar-refractivity contribution < 1.29 is 0 Å². The Morgan fingerprint density at radius 1 is 1.46 bits per heavy atom. The standard InChI is InChI=1S/C7H8B2ClN3/c1-3-5(9)6(10)13-7(12-3)4(8)2-11-13/h2H,8-9H2,1H3. The highest BCUT2D eigenvalue weighted by Gasteiger charge is 2.08. The number of aryl methyl sites for hydroxylation is 1. The quantitative estimate of drug-likeness (QED) is 0.363. The summed E-state index contributed by atoms with van der Waals surface area (Å²) < 4.78 is 1.67. The Kier molecular flexibility index (Phi) is 1.84. The molecule has 2 aromatic heterocycles. The van der Waals surface area contributed by atoms with Crippen LogP contribution < -0.4 is 10.9 Å². The molecule has 2 rings (SSSR count). The third-order valence-electron chi connectivity index (χ3n) is 2.23. The second kappa shape index (κ2) is 2.77. The SMILES string of the molecule is Bc1c(C)nc2c(B)cnn2c1Cl. The maximum Gasteiger partial charge on any atom is 0.150 e. The molecule has 0 saturated heterocycles. The van der Waals surface area contributed by atoms with Crippen LogP contribution in [-0.2, 0) is 0 Å². The van der Waals surface area contributed by atoms with Crippen LogP contribution in [-0.4, -0.2) is 30.3 Å². The van der Waals surface area contributed by atoms with E-state index in [1.54, 1.807) is 10.7 Å². The van der Waals surface area contributed by atoms with Crippen LogP contribution in [0, 0.1) is 6.92 Å². The lowest BCUT2D eigenvalue weighted by Crippen LogP contribution is -2.17. The van der Waals surface area contributed by atoms with Crippen LogP contribution in [0.25, 0.3) is 5.65 Å². The molecule has 3 nitrogen and oxygen atoms in total. The Morgan fingerprint density at radius 3 is 2.85 bits per heavy atom. The molecule has 0 fully saturated rings. The number of fused-ring (bicyclic) bond motifs is 1. The third-order valence-corrected chi connectivity index (χ3v) is 2.68. The number of halogens is 1. The zero-order valence-electron chi connectivity index (χ0n) is 7.80. The monoisotopic (exact) mass is 191 g/mol. The molecule has 0 aliphatic heterocycles. The first-order valence-corrected chi connectivity index (χ1v) is 4.46. The van der Waals surface area contributed by atoms with E-state index in [1.165, 1.54) is 0 Å². The van der Waals surface area contributed by atoms with E-state index < -0.39 is 0 Å². The number of aromatic nitrogens is 3. The molecule has 0 aliphatic rings. The molecule has 2 heterocycles. The Labute approximate surface area is 82.9 Å². The molecule has 0 aromatic carbocycles. The van der Waals surface area contributed by atoms with Gasteiger partial charge in [0.1, 0.15) is 20.8 Å². The van der Waals surface area contributed by atoms with E-state index in [2.05, 4.69) is 10.1 Å². The van der Waals surface area contributed by atoms with Gasteiger partial charge in [-0.1, -0.05) is 11.6 Å². The van der Waals surface area contributed by atoms with Crippen molar-refractivity contribution in [3.8, 4) is 0 Å². The molecule has 6 heteroatoms. The van der Waals surface area contributed by atoms with Gasteiger partial charge < -0.3 is 0 Å². The normalized spacial score (nSPS) is 10.9. The average molecular weight is 191 g/mol. The number of hydrogen-bond donors (Lipinski definition) is 0. The van der Waals surface area contributed by atoms with Crippen molar-refractivity contribution in [3.05, 3.63) is 17.0 Å². The molecule has 0 N–H and O–H groups in total. The van der Waals surface area contributed by atoms with Gasteiger partial charge in [-0.05, 0) is 17.8 Å². The fraction of sp³-hybridized carbons (Fsp3) is 0.143. The Hall–Kier alpha value is -0.960. The zero-order valence-corrected chi connectivity index (χ0v) is 8.55. The highest BCUT2D eigenvalue weighted by molar-refractivity contribution is 6.45. The topological polar surface area (TPSA) is 30.2 Å². The molecule has 0 unspecified atom stereocenters. The summed E-state index contributed by atoms with van der Waals surface area (Å²) in [5, 5.41) is 4.79. The summed E-state index contributed by atoms with van der Waals surface area (Å²) in [5.41, 5.74) is 3.83. The van der Waals surface area contributed by atoms with E-state index in [0.29, 0.717) is 5.15 Å². The van der Waals surface area contributed by atoms with Gasteiger partial charge in [0.2, 0.25) is 0 Å². The minimum Gasteiger partial charge on any atom is -0.235 e. The van der Waals surface area contributed by atoms with Crippen LogP contribution in [0.2, 0.25) is 5.15 Å². The first kappa shape index (κ1) is 8.63. The second-order valence-electron chi connectivity index (χ2n) is 3.18. The van der Waals surface area contributed by atoms with E-state index in [-0.39, 0.29) is 0 Å². The zero-order chi connectivity index (χ0) is 9.59. The lowest BCUT2D eigenvalue weighted by atomic mass is 9.96. The molecule has 64 valence electrons. The van der Waals surface area contributed by atoms with Gasteiger partial charge in [0, 0.05) is 11.9 Å². The second-order valence-corrected chi connectivity index (χ2v) is 3.53. The van der Waals surface area contributed by atoms with Crippen molar-refractivity contribution in [1.82, 2.24) is 14.6 Å². The van der Waals surface area contributed by atoms with Crippen molar-refractivity contribution in [1.29, 1.82) is 0 Å². The van der Waals surface area contributed by atoms with Gasteiger partial charge in [0.05, 0.1) is 0 Å². The van der Waals surface area contributed by atoms with E-state index in [0.717, 1.165) is 22.3 Å². The Balaban J connectivity index is 2.96. The van der Waals surface area contributed by atoms with Crippen LogP contribution in [0.3, 0.4) is 0 Å². The number of hydrogen-bond acceptors (Lipinski definition) is 2. The summed E-state index contributed by atoms with van der Waals surface area (Å²) >= 11 is 6.11. The largest absolute Gasteiger partial charge is 0.235 e. The molecule has 13 heavy (non-hydrogen) atoms. The van der Waals surface area contributed by atoms with Crippen molar-refractivity contribution >= 4 is 43.9 Å². The maximum absolute atomic E-state index is 6.11. The van der Waals surface area contributed by atoms with E-state index >= 15 is 0 Å². The molecule has 0 atom stereocenters. The predicted molar refractivity (Wildman–Crippen MR) is 59.1 cm³/mol. The van der Waals surface area contributed by atoms with Gasteiger partial charge in [-0.15, -0.1) is 0 Å². The number of rotatable bonds is 0. The van der Waals surface area contributed by atoms with Gasteiger partial charge in [-0.2, -0.15) is 5.10 Å². The van der Waals surface area contributed by atoms with Crippen LogP contribution in [0.15, 0.2) is 6.20 Å². The molecular weight excluding hydrogens is 183 g/mol. The smallest absolute Gasteiger partial charge is 0.150 e. The fourth-order valence-corrected chi connectivity index (χ4v) is 1.51. The summed E-state index contributed by atoms with van der Waals surface area (Å²) in [6, 6.07) is 0. The predicted octanol–water partition coefficient (Wildman–Crippen LogP) is -1.79. The van der Waals surface area contributed by atoms with Crippen molar-refractivity contribution in [3.63, 3.8) is 0 Å². The molecule has 2 aromatic rings. The molecule has 0 radical (unpaired) electrons. The fourth-order valence-electron chi connectivity index (χ4n) is 1.25. The van der Waals surface area contributed by atoms with E-state index in [1.807, 2.05) is 22.6 Å². The lowest BCUT2D eigenvalue weighted by molar-refractivity contribution is 0.939. The summed E-state index contributed by atoms with van der Waals surface area (Å²) in [5.74, 6) is 0. The molecular formula is C7H8B2ClN3. The average Bonchev–Trinajstić information content (AvgIpc) is 2.45. The van der Waals surface area contributed by atoms with Gasteiger partial charge in [0.15, 0.2) is 5.65 Å². The van der Waals surface area contributed by atoms with Crippen molar-refractivity contribution in [2.45, 2.75) is 6.92 Å². The first-order valence-electron chi connectivity index (χ1n) is 4.08. The van der Waals surface area contributed by atoms with E-state index in [4.69, 9.17) is 11.6 Å². The van der Waals surface area contributed by atoms with Crippen molar-refractivity contribution in [2.75, 3.05) is 0 Å². The van der Waals surface area contributed by atoms with Crippen LogP contribution >= 0.6 is 11.6 Å². The summed E-state index contributed by atoms with van der Waals surface area (Å²) in [6.45, 7) is 1.95. The van der Waals surface area contributed by atoms with Gasteiger partial charge in [-0.25, -0.2) is 9.50 Å². The van der Waals surface area contributed by atoms with Gasteiger partial charge in [0.25, 0.3) is 0 Å². The molecule has 0 amide bonds. The van der Waals surface area contributed by atoms with Crippen molar-refractivity contribution in [2.24, 2.45) is 0 Å². The molecule has 0 saturated carbocycles. The van der Waals surface area contributed by atoms with Gasteiger partial charge >= 0.3 is 0 Å². The maximum atomic E-state index is 6.11. The van der Waals surface area contributed by atoms with Crippen LogP contribution in [0.4, 0.5) is 0 Å². The number of nitrogens with zero attached hydrogens (tertiary/aromatic N) is 3. The summed E-state index contributed by atoms with van der Waals surface area (Å²) in [7, 11) is 3.92. The highest BCUT2D eigenvalue weighted by atomic mass is 35.5. The molecule has 0 spiro atoms. The Bertz CT molecular complexity index is 480. The van der Waals surface area contributed by atoms with Crippen LogP contribution in [0.5, 0.6) is 0 Å². The minimum absolute atomic E-state index is 0.649. The van der Waals surface area contributed by atoms with Gasteiger partial charge in [-0.3, -0.25) is 0 Å². The summed E-state index contributed by atoms with van der Waals surface area (Å²) in [4.78, 5) is 4.41. The third kappa shape index (κ3) is 1.15. The molecule has 0 aliphatic carbocycles. The lowest BCUT2D eigenvalue weighted by Gasteiger charge is -2.04. The first-order chi connectivity index (χ1) is 6.11. The Morgan fingerprint density at radius 2 is 2.15 bits per heavy atom. The molecule has 0 bridgehead atoms.